The van der Waals surface area contributed by atoms with Crippen molar-refractivity contribution in [3.8, 4) is 0 Å². The minimum atomic E-state index is 0.0459. The molecule has 0 saturated carbocycles. The topological polar surface area (TPSA) is 45.2 Å². The molecule has 3 heterocycles. The van der Waals surface area contributed by atoms with Gasteiger partial charge in [-0.2, -0.15) is 0 Å². The molecule has 0 radical (unpaired) electrons. The Bertz CT molecular complexity index is 657. The van der Waals surface area contributed by atoms with Crippen molar-refractivity contribution in [1.82, 2.24) is 15.2 Å². The highest BCUT2D eigenvalue weighted by molar-refractivity contribution is 8.01. The van der Waals surface area contributed by atoms with Crippen LogP contribution in [0.25, 0.3) is 0 Å². The minimum absolute atomic E-state index is 0.0459. The van der Waals surface area contributed by atoms with E-state index >= 15 is 0 Å². The first-order chi connectivity index (χ1) is 10.8. The van der Waals surface area contributed by atoms with Crippen LogP contribution in [0.15, 0.2) is 45.1 Å². The van der Waals surface area contributed by atoms with Crippen LogP contribution < -0.4 is 5.32 Å². The molecule has 2 aliphatic heterocycles. The third-order valence-corrected chi connectivity index (χ3v) is 6.27. The van der Waals surface area contributed by atoms with E-state index in [1.54, 1.807) is 29.3 Å². The summed E-state index contributed by atoms with van der Waals surface area (Å²) in [4.78, 5) is 20.2. The van der Waals surface area contributed by atoms with E-state index in [4.69, 9.17) is 0 Å². The number of piperidine rings is 1. The van der Waals surface area contributed by atoms with Gasteiger partial charge in [0, 0.05) is 41.2 Å². The fraction of sp³-hybridized carbons (Fsp3) is 0.375. The zero-order valence-electron chi connectivity index (χ0n) is 12.1. The number of nitrogens with one attached hydrogen (secondary N) is 1. The van der Waals surface area contributed by atoms with E-state index in [1.807, 2.05) is 29.6 Å². The Balaban J connectivity index is 1.38. The number of rotatable bonds is 4. The molecule has 22 heavy (non-hydrogen) atoms. The lowest BCUT2D eigenvalue weighted by Crippen LogP contribution is -2.43. The molecule has 2 fully saturated rings. The number of benzene rings is 1. The van der Waals surface area contributed by atoms with Gasteiger partial charge < -0.3 is 10.2 Å². The Morgan fingerprint density at radius 3 is 2.82 bits per heavy atom. The third-order valence-electron chi connectivity index (χ3n) is 4.38. The van der Waals surface area contributed by atoms with Gasteiger partial charge in [-0.1, -0.05) is 11.8 Å². The third kappa shape index (κ3) is 2.91. The van der Waals surface area contributed by atoms with Crippen molar-refractivity contribution in [2.24, 2.45) is 5.92 Å². The maximum Gasteiger partial charge on any atom is 0.251 e. The Hall–Kier alpha value is -1.37. The molecule has 4 rings (SSSR count). The molecule has 6 heteroatoms. The summed E-state index contributed by atoms with van der Waals surface area (Å²) in [5.41, 5.74) is 0.737. The maximum atomic E-state index is 12.4. The molecule has 2 saturated heterocycles. The Morgan fingerprint density at radius 2 is 2.18 bits per heavy atom. The molecule has 3 unspecified atom stereocenters. The summed E-state index contributed by atoms with van der Waals surface area (Å²) in [7, 11) is 0. The maximum absolute atomic E-state index is 12.4. The fourth-order valence-corrected chi connectivity index (χ4v) is 4.83. The molecule has 2 aromatic rings. The van der Waals surface area contributed by atoms with Gasteiger partial charge in [-0.3, -0.25) is 4.79 Å². The number of fused-ring (bicyclic) bond motifs is 2. The first-order valence-electron chi connectivity index (χ1n) is 7.48. The lowest BCUT2D eigenvalue weighted by molar-refractivity contribution is 0.0924. The molecule has 1 N–H and O–H groups in total. The van der Waals surface area contributed by atoms with Crippen molar-refractivity contribution in [3.63, 3.8) is 0 Å². The summed E-state index contributed by atoms with van der Waals surface area (Å²) < 4.78 is 1.02. The molecule has 3 atom stereocenters. The summed E-state index contributed by atoms with van der Waals surface area (Å²) in [6, 6.07) is 8.11. The van der Waals surface area contributed by atoms with Crippen LogP contribution in [0.3, 0.4) is 0 Å². The van der Waals surface area contributed by atoms with Gasteiger partial charge in [0.1, 0.15) is 0 Å². The molecule has 0 aliphatic carbocycles. The second kappa shape index (κ2) is 6.02. The number of amides is 1. The predicted octanol–water partition coefficient (Wildman–Crippen LogP) is 2.73. The first kappa shape index (κ1) is 14.2. The van der Waals surface area contributed by atoms with Crippen molar-refractivity contribution in [1.29, 1.82) is 0 Å². The SMILES string of the molecule is O=C(NC1CN2CCC1C2)c1ccc(Sc2nccs2)cc1. The van der Waals surface area contributed by atoms with Crippen LogP contribution in [0.4, 0.5) is 0 Å². The normalized spacial score (nSPS) is 26.3. The zero-order valence-corrected chi connectivity index (χ0v) is 13.7. The van der Waals surface area contributed by atoms with E-state index in [0.717, 1.165) is 27.9 Å². The predicted molar refractivity (Wildman–Crippen MR) is 88.5 cm³/mol. The Morgan fingerprint density at radius 1 is 1.32 bits per heavy atom. The van der Waals surface area contributed by atoms with Crippen molar-refractivity contribution < 1.29 is 4.79 Å². The van der Waals surface area contributed by atoms with Gasteiger partial charge in [0.15, 0.2) is 4.34 Å². The summed E-state index contributed by atoms with van der Waals surface area (Å²) in [6.45, 7) is 3.35. The van der Waals surface area contributed by atoms with Crippen LogP contribution in [-0.2, 0) is 0 Å². The van der Waals surface area contributed by atoms with E-state index in [1.165, 1.54) is 13.0 Å². The number of nitrogens with zero attached hydrogens (tertiary/aromatic N) is 2. The standard InChI is InChI=1S/C16H17N3OS2/c20-15(18-14-10-19-7-5-12(14)9-19)11-1-3-13(4-2-11)22-16-17-6-8-21-16/h1-4,6,8,12,14H,5,7,9-10H2,(H,18,20). The largest absolute Gasteiger partial charge is 0.348 e. The second-order valence-corrected chi connectivity index (χ2v) is 8.03. The number of hydrogen-bond acceptors (Lipinski definition) is 5. The quantitative estimate of drug-likeness (QED) is 0.936. The zero-order chi connectivity index (χ0) is 14.9. The fourth-order valence-electron chi connectivity index (χ4n) is 3.24. The molecule has 0 spiro atoms. The van der Waals surface area contributed by atoms with Gasteiger partial charge >= 0.3 is 0 Å². The average molecular weight is 331 g/mol. The highest BCUT2D eigenvalue weighted by atomic mass is 32.2. The first-order valence-corrected chi connectivity index (χ1v) is 9.18. The van der Waals surface area contributed by atoms with Crippen LogP contribution >= 0.6 is 23.1 Å². The van der Waals surface area contributed by atoms with Crippen LogP contribution in [0.5, 0.6) is 0 Å². The van der Waals surface area contributed by atoms with E-state index in [-0.39, 0.29) is 5.91 Å². The lowest BCUT2D eigenvalue weighted by Gasteiger charge is -2.23. The van der Waals surface area contributed by atoms with Crippen LogP contribution in [0.1, 0.15) is 16.8 Å². The molecule has 1 aromatic heterocycles. The van der Waals surface area contributed by atoms with Crippen molar-refractivity contribution in [3.05, 3.63) is 41.4 Å². The molecular weight excluding hydrogens is 314 g/mol. The van der Waals surface area contributed by atoms with E-state index < -0.39 is 0 Å². The van der Waals surface area contributed by atoms with Gasteiger partial charge in [-0.05, 0) is 43.1 Å². The summed E-state index contributed by atoms with van der Waals surface area (Å²) in [5.74, 6) is 0.688. The molecule has 2 bridgehead atoms. The van der Waals surface area contributed by atoms with Gasteiger partial charge in [0.05, 0.1) is 0 Å². The van der Waals surface area contributed by atoms with Gasteiger partial charge in [-0.15, -0.1) is 11.3 Å². The van der Waals surface area contributed by atoms with Crippen LogP contribution in [-0.4, -0.2) is 41.5 Å². The van der Waals surface area contributed by atoms with Crippen LogP contribution in [0, 0.1) is 5.92 Å². The average Bonchev–Trinajstić information content (AvgIpc) is 3.25. The number of carbonyl (C=O) groups excluding carboxylic acids is 1. The summed E-state index contributed by atoms with van der Waals surface area (Å²) in [5, 5.41) is 5.16. The van der Waals surface area contributed by atoms with Gasteiger partial charge in [0.2, 0.25) is 0 Å². The van der Waals surface area contributed by atoms with E-state index in [0.29, 0.717) is 12.0 Å². The van der Waals surface area contributed by atoms with Gasteiger partial charge in [0.25, 0.3) is 5.91 Å². The molecule has 2 aliphatic rings. The van der Waals surface area contributed by atoms with Crippen molar-refractivity contribution >= 4 is 29.0 Å². The van der Waals surface area contributed by atoms with Crippen molar-refractivity contribution in [2.75, 3.05) is 19.6 Å². The summed E-state index contributed by atoms with van der Waals surface area (Å²) >= 11 is 3.25. The Labute approximate surface area is 137 Å². The lowest BCUT2D eigenvalue weighted by atomic mass is 9.99. The minimum Gasteiger partial charge on any atom is -0.348 e. The number of carbonyl (C=O) groups is 1. The molecule has 1 amide bonds. The monoisotopic (exact) mass is 331 g/mol. The number of aromatic nitrogens is 1. The molecular formula is C16H17N3OS2. The molecule has 1 aromatic carbocycles. The smallest absolute Gasteiger partial charge is 0.251 e. The number of hydrogen-bond donors (Lipinski definition) is 1. The molecule has 114 valence electrons. The number of thiazole rings is 1. The van der Waals surface area contributed by atoms with Crippen molar-refractivity contribution in [2.45, 2.75) is 21.7 Å². The second-order valence-electron chi connectivity index (χ2n) is 5.81. The van der Waals surface area contributed by atoms with Crippen LogP contribution in [0.2, 0.25) is 0 Å². The summed E-state index contributed by atoms with van der Waals surface area (Å²) in [6.07, 6.45) is 3.02. The highest BCUT2D eigenvalue weighted by Crippen LogP contribution is 2.30. The van der Waals surface area contributed by atoms with Gasteiger partial charge in [-0.25, -0.2) is 4.98 Å². The highest BCUT2D eigenvalue weighted by Gasteiger charge is 2.38. The van der Waals surface area contributed by atoms with E-state index in [9.17, 15) is 4.79 Å². The molecule has 4 nitrogen and oxygen atoms in total. The van der Waals surface area contributed by atoms with E-state index in [2.05, 4.69) is 15.2 Å². The Kier molecular flexibility index (Phi) is 3.90.